The van der Waals surface area contributed by atoms with Gasteiger partial charge in [-0.15, -0.1) is 0 Å². The van der Waals surface area contributed by atoms with Crippen LogP contribution >= 0.6 is 15.9 Å². The summed E-state index contributed by atoms with van der Waals surface area (Å²) < 4.78 is 1.19. The van der Waals surface area contributed by atoms with Gasteiger partial charge in [0.1, 0.15) is 0 Å². The highest BCUT2D eigenvalue weighted by molar-refractivity contribution is 9.10. The number of halogens is 1. The minimum atomic E-state index is 0.477. The van der Waals surface area contributed by atoms with Crippen molar-refractivity contribution in [3.8, 4) is 0 Å². The van der Waals surface area contributed by atoms with Crippen LogP contribution in [0.3, 0.4) is 0 Å². The summed E-state index contributed by atoms with van der Waals surface area (Å²) in [4.78, 5) is 2.67. The van der Waals surface area contributed by atoms with Crippen LogP contribution in [0.1, 0.15) is 37.7 Å². The molecule has 1 aliphatic carbocycles. The summed E-state index contributed by atoms with van der Waals surface area (Å²) in [6.07, 6.45) is 6.97. The van der Waals surface area contributed by atoms with Gasteiger partial charge in [0.2, 0.25) is 0 Å². The summed E-state index contributed by atoms with van der Waals surface area (Å²) >= 11 is 3.53. The monoisotopic (exact) mass is 293 g/mol. The molecule has 0 atom stereocenters. The average Bonchev–Trinajstić information content (AvgIpc) is 2.77. The first kappa shape index (κ1) is 11.7. The molecule has 1 aromatic carbocycles. The largest absolute Gasteiger partial charge is 0.302 e. The van der Waals surface area contributed by atoms with Crippen molar-refractivity contribution in [1.82, 2.24) is 4.90 Å². The van der Waals surface area contributed by atoms with Crippen molar-refractivity contribution in [1.29, 1.82) is 0 Å². The molecular weight excluding hydrogens is 274 g/mol. The van der Waals surface area contributed by atoms with E-state index < -0.39 is 0 Å². The van der Waals surface area contributed by atoms with E-state index >= 15 is 0 Å². The van der Waals surface area contributed by atoms with Gasteiger partial charge < -0.3 is 4.90 Å². The van der Waals surface area contributed by atoms with Crippen molar-refractivity contribution in [3.63, 3.8) is 0 Å². The van der Waals surface area contributed by atoms with E-state index in [1.54, 1.807) is 5.56 Å². The van der Waals surface area contributed by atoms with Crippen molar-refractivity contribution < 1.29 is 0 Å². The van der Waals surface area contributed by atoms with Crippen LogP contribution < -0.4 is 0 Å². The Morgan fingerprint density at radius 2 is 1.65 bits per heavy atom. The molecule has 0 radical (unpaired) electrons. The maximum absolute atomic E-state index is 3.53. The summed E-state index contributed by atoms with van der Waals surface area (Å²) in [5.74, 6) is 0. The van der Waals surface area contributed by atoms with Crippen LogP contribution in [0.25, 0.3) is 0 Å². The van der Waals surface area contributed by atoms with Crippen molar-refractivity contribution in [2.75, 3.05) is 19.6 Å². The van der Waals surface area contributed by atoms with E-state index in [9.17, 15) is 0 Å². The number of hydrogen-bond donors (Lipinski definition) is 0. The molecule has 1 aliphatic heterocycles. The van der Waals surface area contributed by atoms with Crippen molar-refractivity contribution in [2.45, 2.75) is 37.5 Å². The normalized spacial score (nSPS) is 23.6. The van der Waals surface area contributed by atoms with Gasteiger partial charge in [-0.1, -0.05) is 34.5 Å². The summed E-state index contributed by atoms with van der Waals surface area (Å²) in [7, 11) is 0. The zero-order valence-corrected chi connectivity index (χ0v) is 11.9. The molecule has 1 aromatic rings. The Kier molecular flexibility index (Phi) is 3.27. The van der Waals surface area contributed by atoms with E-state index in [-0.39, 0.29) is 0 Å². The zero-order valence-electron chi connectivity index (χ0n) is 10.3. The van der Waals surface area contributed by atoms with Crippen LogP contribution in [0.4, 0.5) is 0 Å². The molecule has 0 amide bonds. The first-order chi connectivity index (χ1) is 8.28. The molecule has 1 saturated heterocycles. The van der Waals surface area contributed by atoms with Crippen LogP contribution in [0.2, 0.25) is 0 Å². The second kappa shape index (κ2) is 4.74. The molecule has 17 heavy (non-hydrogen) atoms. The van der Waals surface area contributed by atoms with E-state index in [1.807, 2.05) is 0 Å². The Balaban J connectivity index is 1.78. The van der Waals surface area contributed by atoms with E-state index in [2.05, 4.69) is 45.1 Å². The Morgan fingerprint density at radius 3 is 2.18 bits per heavy atom. The molecule has 0 bridgehead atoms. The van der Waals surface area contributed by atoms with Crippen LogP contribution in [0.15, 0.2) is 28.7 Å². The van der Waals surface area contributed by atoms with Gasteiger partial charge >= 0.3 is 0 Å². The Bertz CT molecular complexity index is 374. The quantitative estimate of drug-likeness (QED) is 0.815. The molecule has 3 rings (SSSR count). The molecule has 2 aliphatic rings. The predicted octanol–water partition coefficient (Wildman–Crippen LogP) is 3.97. The highest BCUT2D eigenvalue weighted by atomic mass is 79.9. The van der Waals surface area contributed by atoms with Gasteiger partial charge in [-0.2, -0.15) is 0 Å². The van der Waals surface area contributed by atoms with Gasteiger partial charge in [-0.3, -0.25) is 0 Å². The zero-order chi connectivity index (χ0) is 11.7. The van der Waals surface area contributed by atoms with Crippen LogP contribution in [-0.2, 0) is 5.41 Å². The number of nitrogens with zero attached hydrogens (tertiary/aromatic N) is 1. The maximum Gasteiger partial charge on any atom is 0.0175 e. The molecule has 1 heterocycles. The topological polar surface area (TPSA) is 3.24 Å². The molecule has 0 unspecified atom stereocenters. The van der Waals surface area contributed by atoms with E-state index in [0.29, 0.717) is 5.41 Å². The van der Waals surface area contributed by atoms with Gasteiger partial charge in [0.05, 0.1) is 0 Å². The summed E-state index contributed by atoms with van der Waals surface area (Å²) in [5.41, 5.74) is 2.03. The average molecular weight is 294 g/mol. The van der Waals surface area contributed by atoms with E-state index in [4.69, 9.17) is 0 Å². The maximum atomic E-state index is 3.53. The number of hydrogen-bond acceptors (Lipinski definition) is 1. The van der Waals surface area contributed by atoms with Crippen LogP contribution in [0.5, 0.6) is 0 Å². The van der Waals surface area contributed by atoms with E-state index in [1.165, 1.54) is 56.2 Å². The molecule has 0 N–H and O–H groups in total. The Hall–Kier alpha value is -0.340. The fraction of sp³-hybridized carbons (Fsp3) is 0.600. The van der Waals surface area contributed by atoms with E-state index in [0.717, 1.165) is 0 Å². The lowest BCUT2D eigenvalue weighted by molar-refractivity contribution is 0.159. The molecule has 0 spiro atoms. The van der Waals surface area contributed by atoms with Crippen molar-refractivity contribution in [2.24, 2.45) is 0 Å². The molecule has 92 valence electrons. The smallest absolute Gasteiger partial charge is 0.0175 e. The second-order valence-electron chi connectivity index (χ2n) is 5.62. The second-order valence-corrected chi connectivity index (χ2v) is 6.54. The third-order valence-corrected chi connectivity index (χ3v) is 5.02. The molecule has 1 nitrogen and oxygen atoms in total. The standard InChI is InChI=1S/C15H20BrN/c16-14-6-4-13(5-7-14)15(8-3-9-15)12-17-10-1-2-11-17/h4-7H,1-3,8-12H2. The highest BCUT2D eigenvalue weighted by Crippen LogP contribution is 2.44. The number of benzene rings is 1. The van der Waals surface area contributed by atoms with Gasteiger partial charge in [-0.25, -0.2) is 0 Å². The van der Waals surface area contributed by atoms with Crippen molar-refractivity contribution in [3.05, 3.63) is 34.3 Å². The lowest BCUT2D eigenvalue weighted by Gasteiger charge is -2.45. The van der Waals surface area contributed by atoms with Crippen LogP contribution in [-0.4, -0.2) is 24.5 Å². The molecular formula is C15H20BrN. The third kappa shape index (κ3) is 2.30. The highest BCUT2D eigenvalue weighted by Gasteiger charge is 2.40. The Morgan fingerprint density at radius 1 is 1.00 bits per heavy atom. The SMILES string of the molecule is Brc1ccc(C2(CN3CCCC3)CCC2)cc1. The first-order valence-corrected chi connectivity index (χ1v) is 7.56. The molecule has 2 fully saturated rings. The predicted molar refractivity (Wildman–Crippen MR) is 75.3 cm³/mol. The van der Waals surface area contributed by atoms with Gasteiger partial charge in [-0.05, 0) is 56.5 Å². The lowest BCUT2D eigenvalue weighted by atomic mass is 9.64. The summed E-state index contributed by atoms with van der Waals surface area (Å²) in [6.45, 7) is 3.92. The summed E-state index contributed by atoms with van der Waals surface area (Å²) in [5, 5.41) is 0. The fourth-order valence-corrected chi connectivity index (χ4v) is 3.58. The summed E-state index contributed by atoms with van der Waals surface area (Å²) in [6, 6.07) is 9.03. The van der Waals surface area contributed by atoms with Crippen molar-refractivity contribution >= 4 is 15.9 Å². The minimum Gasteiger partial charge on any atom is -0.302 e. The van der Waals surface area contributed by atoms with Gasteiger partial charge in [0.25, 0.3) is 0 Å². The molecule has 2 heteroatoms. The van der Waals surface area contributed by atoms with Gasteiger partial charge in [0, 0.05) is 16.4 Å². The minimum absolute atomic E-state index is 0.477. The molecule has 1 saturated carbocycles. The lowest BCUT2D eigenvalue weighted by Crippen LogP contribution is -2.44. The van der Waals surface area contributed by atoms with Crippen LogP contribution in [0, 0.1) is 0 Å². The number of rotatable bonds is 3. The van der Waals surface area contributed by atoms with Gasteiger partial charge in [0.15, 0.2) is 0 Å². The fourth-order valence-electron chi connectivity index (χ4n) is 3.31. The first-order valence-electron chi connectivity index (χ1n) is 6.77. The third-order valence-electron chi connectivity index (χ3n) is 4.49. The Labute approximate surface area is 112 Å². The molecule has 0 aromatic heterocycles. The number of likely N-dealkylation sites (tertiary alicyclic amines) is 1.